The van der Waals surface area contributed by atoms with Gasteiger partial charge in [-0.3, -0.25) is 4.79 Å². The summed E-state index contributed by atoms with van der Waals surface area (Å²) in [6.45, 7) is 0.907. The molecule has 4 nitrogen and oxygen atoms in total. The van der Waals surface area contributed by atoms with Crippen LogP contribution in [0.1, 0.15) is 22.8 Å². The van der Waals surface area contributed by atoms with Crippen LogP contribution in [0.25, 0.3) is 0 Å². The number of hydrogen-bond donors (Lipinski definition) is 1. The van der Waals surface area contributed by atoms with Crippen molar-refractivity contribution in [2.24, 2.45) is 0 Å². The van der Waals surface area contributed by atoms with Gasteiger partial charge in [-0.25, -0.2) is 13.8 Å². The fraction of sp³-hybridized carbons (Fsp3) is 0.143. The Balaban J connectivity index is 2.17. The van der Waals surface area contributed by atoms with Gasteiger partial charge in [0.2, 0.25) is 0 Å². The van der Waals surface area contributed by atoms with Crippen LogP contribution in [-0.4, -0.2) is 15.9 Å². The van der Waals surface area contributed by atoms with E-state index in [1.807, 2.05) is 0 Å². The molecule has 1 N–H and O–H groups in total. The zero-order valence-electron chi connectivity index (χ0n) is 10.6. The number of nitrogens with zero attached hydrogens (tertiary/aromatic N) is 1. The predicted octanol–water partition coefficient (Wildman–Crippen LogP) is 2.85. The average Bonchev–Trinajstić information content (AvgIpc) is 2.39. The minimum absolute atomic E-state index is 0.197. The molecule has 2 aromatic rings. The third kappa shape index (κ3) is 2.90. The van der Waals surface area contributed by atoms with Crippen molar-refractivity contribution in [3.8, 4) is 11.6 Å². The van der Waals surface area contributed by atoms with Crippen molar-refractivity contribution in [3.05, 3.63) is 53.2 Å². The number of ketones is 1. The van der Waals surface area contributed by atoms with E-state index < -0.39 is 18.2 Å². The molecule has 1 heterocycles. The summed E-state index contributed by atoms with van der Waals surface area (Å²) in [5.74, 6) is -2.32. The van der Waals surface area contributed by atoms with Gasteiger partial charge < -0.3 is 9.84 Å². The third-order valence-electron chi connectivity index (χ3n) is 2.65. The van der Waals surface area contributed by atoms with E-state index in [-0.39, 0.29) is 28.5 Å². The van der Waals surface area contributed by atoms with Crippen LogP contribution in [0.5, 0.6) is 11.6 Å². The lowest BCUT2D eigenvalue weighted by atomic mass is 10.2. The van der Waals surface area contributed by atoms with Gasteiger partial charge in [0.05, 0.1) is 5.56 Å². The molecule has 6 heteroatoms. The van der Waals surface area contributed by atoms with Crippen LogP contribution in [0.4, 0.5) is 8.78 Å². The van der Waals surface area contributed by atoms with Gasteiger partial charge in [-0.2, -0.15) is 0 Å². The molecule has 0 bridgehead atoms. The van der Waals surface area contributed by atoms with Crippen molar-refractivity contribution >= 4 is 5.78 Å². The third-order valence-corrected chi connectivity index (χ3v) is 2.65. The number of ether oxygens (including phenoxy) is 1. The van der Waals surface area contributed by atoms with E-state index in [0.717, 1.165) is 12.1 Å². The molecule has 1 aromatic carbocycles. The lowest BCUT2D eigenvalue weighted by Crippen LogP contribution is -2.03. The quantitative estimate of drug-likeness (QED) is 0.874. The highest BCUT2D eigenvalue weighted by Crippen LogP contribution is 2.25. The first-order valence-electron chi connectivity index (χ1n) is 5.74. The summed E-state index contributed by atoms with van der Waals surface area (Å²) in [5, 5.41) is 9.63. The largest absolute Gasteiger partial charge is 0.503 e. The fourth-order valence-corrected chi connectivity index (χ4v) is 1.56. The molecule has 0 fully saturated rings. The molecule has 0 atom stereocenters. The number of carbonyl (C=O) groups excluding carboxylic acids is 1. The molecule has 0 saturated heterocycles. The summed E-state index contributed by atoms with van der Waals surface area (Å²) >= 11 is 0. The first-order chi connectivity index (χ1) is 9.49. The van der Waals surface area contributed by atoms with Crippen molar-refractivity contribution < 1.29 is 23.4 Å². The Hall–Kier alpha value is -2.50. The van der Waals surface area contributed by atoms with E-state index in [2.05, 4.69) is 4.98 Å². The maximum absolute atomic E-state index is 13.4. The number of Topliss-reactive ketones (excluding diaryl/α,β-unsaturated/α-hetero) is 1. The monoisotopic (exact) mass is 279 g/mol. The first-order valence-corrected chi connectivity index (χ1v) is 5.74. The number of carbonyl (C=O) groups is 1. The second-order valence-corrected chi connectivity index (χ2v) is 4.09. The van der Waals surface area contributed by atoms with E-state index in [1.54, 1.807) is 0 Å². The van der Waals surface area contributed by atoms with Gasteiger partial charge >= 0.3 is 0 Å². The number of aromatic hydroxyl groups is 1. The van der Waals surface area contributed by atoms with Gasteiger partial charge in [-0.15, -0.1) is 0 Å². The van der Waals surface area contributed by atoms with Crippen LogP contribution < -0.4 is 4.74 Å². The zero-order valence-corrected chi connectivity index (χ0v) is 10.6. The van der Waals surface area contributed by atoms with E-state index in [9.17, 15) is 18.7 Å². The van der Waals surface area contributed by atoms with Gasteiger partial charge in [-0.1, -0.05) is 6.07 Å². The number of benzene rings is 1. The van der Waals surface area contributed by atoms with Crippen molar-refractivity contribution in [2.75, 3.05) is 0 Å². The highest BCUT2D eigenvalue weighted by Gasteiger charge is 2.12. The summed E-state index contributed by atoms with van der Waals surface area (Å²) in [5.41, 5.74) is -0.0451. The van der Waals surface area contributed by atoms with Crippen molar-refractivity contribution in [1.82, 2.24) is 4.98 Å². The molecular formula is C14H11F2NO3. The SMILES string of the molecule is CC(=O)c1cnc(OCc2c(F)cccc2F)c(O)c1. The molecule has 0 aliphatic rings. The number of pyridine rings is 1. The Labute approximate surface area is 113 Å². The number of halogens is 2. The molecule has 0 unspecified atom stereocenters. The highest BCUT2D eigenvalue weighted by molar-refractivity contribution is 5.94. The van der Waals surface area contributed by atoms with E-state index in [1.165, 1.54) is 25.3 Å². The molecule has 0 radical (unpaired) electrons. The lowest BCUT2D eigenvalue weighted by Gasteiger charge is -2.09. The van der Waals surface area contributed by atoms with E-state index >= 15 is 0 Å². The number of rotatable bonds is 4. The van der Waals surface area contributed by atoms with Gasteiger partial charge in [0.25, 0.3) is 5.88 Å². The molecule has 0 amide bonds. The van der Waals surface area contributed by atoms with Crippen LogP contribution in [0.2, 0.25) is 0 Å². The maximum atomic E-state index is 13.4. The van der Waals surface area contributed by atoms with Crippen LogP contribution in [0.15, 0.2) is 30.5 Å². The van der Waals surface area contributed by atoms with Gasteiger partial charge in [0, 0.05) is 11.8 Å². The highest BCUT2D eigenvalue weighted by atomic mass is 19.1. The zero-order chi connectivity index (χ0) is 14.7. The van der Waals surface area contributed by atoms with Crippen LogP contribution in [0, 0.1) is 11.6 Å². The Bertz CT molecular complexity index is 639. The molecule has 1 aromatic heterocycles. The summed E-state index contributed by atoms with van der Waals surface area (Å²) in [7, 11) is 0. The van der Waals surface area contributed by atoms with Gasteiger partial charge in [-0.05, 0) is 25.1 Å². The second-order valence-electron chi connectivity index (χ2n) is 4.09. The molecular weight excluding hydrogens is 268 g/mol. The van der Waals surface area contributed by atoms with Gasteiger partial charge in [0.15, 0.2) is 11.5 Å². The molecule has 0 spiro atoms. The second kappa shape index (κ2) is 5.64. The van der Waals surface area contributed by atoms with Crippen molar-refractivity contribution in [2.45, 2.75) is 13.5 Å². The van der Waals surface area contributed by atoms with Crippen LogP contribution >= 0.6 is 0 Å². The van der Waals surface area contributed by atoms with Crippen LogP contribution in [-0.2, 0) is 6.61 Å². The maximum Gasteiger partial charge on any atom is 0.257 e. The molecule has 20 heavy (non-hydrogen) atoms. The first kappa shape index (κ1) is 13.9. The van der Waals surface area contributed by atoms with E-state index in [0.29, 0.717) is 0 Å². The minimum Gasteiger partial charge on any atom is -0.503 e. The standard InChI is InChI=1S/C14H11F2NO3/c1-8(18)9-5-13(19)14(17-6-9)20-7-10-11(15)3-2-4-12(10)16/h2-6,19H,7H2,1H3. The topological polar surface area (TPSA) is 59.4 Å². The lowest BCUT2D eigenvalue weighted by molar-refractivity contribution is 0.101. The molecule has 0 saturated carbocycles. The molecule has 2 rings (SSSR count). The van der Waals surface area contributed by atoms with Crippen molar-refractivity contribution in [3.63, 3.8) is 0 Å². The minimum atomic E-state index is -0.746. The summed E-state index contributed by atoms with van der Waals surface area (Å²) < 4.78 is 31.8. The summed E-state index contributed by atoms with van der Waals surface area (Å²) in [6.07, 6.45) is 1.22. The Morgan fingerprint density at radius 3 is 2.55 bits per heavy atom. The van der Waals surface area contributed by atoms with Crippen LogP contribution in [0.3, 0.4) is 0 Å². The van der Waals surface area contributed by atoms with Crippen molar-refractivity contribution in [1.29, 1.82) is 0 Å². The summed E-state index contributed by atoms with van der Waals surface area (Å²) in [6, 6.07) is 4.63. The number of aromatic nitrogens is 1. The average molecular weight is 279 g/mol. The Kier molecular flexibility index (Phi) is 3.93. The molecule has 0 aliphatic carbocycles. The van der Waals surface area contributed by atoms with E-state index in [4.69, 9.17) is 4.74 Å². The summed E-state index contributed by atoms with van der Waals surface area (Å²) in [4.78, 5) is 14.8. The Morgan fingerprint density at radius 1 is 1.35 bits per heavy atom. The molecule has 0 aliphatic heterocycles. The van der Waals surface area contributed by atoms with Gasteiger partial charge in [0.1, 0.15) is 18.2 Å². The number of hydrogen-bond acceptors (Lipinski definition) is 4. The fourth-order valence-electron chi connectivity index (χ4n) is 1.56. The Morgan fingerprint density at radius 2 is 2.00 bits per heavy atom. The molecule has 104 valence electrons. The normalized spacial score (nSPS) is 10.3. The smallest absolute Gasteiger partial charge is 0.257 e. The predicted molar refractivity (Wildman–Crippen MR) is 66.6 cm³/mol.